The number of rotatable bonds is 2. The van der Waals surface area contributed by atoms with E-state index in [9.17, 15) is 4.79 Å². The molecule has 5 aliphatic rings. The van der Waals surface area contributed by atoms with E-state index < -0.39 is 0 Å². The minimum Gasteiger partial charge on any atom is -0.298 e. The summed E-state index contributed by atoms with van der Waals surface area (Å²) in [5.74, 6) is 3.65. The van der Waals surface area contributed by atoms with Crippen molar-refractivity contribution in [3.63, 3.8) is 0 Å². The van der Waals surface area contributed by atoms with Crippen molar-refractivity contribution in [3.05, 3.63) is 0 Å². The van der Waals surface area contributed by atoms with Gasteiger partial charge in [0, 0.05) is 5.41 Å². The van der Waals surface area contributed by atoms with Gasteiger partial charge in [0.2, 0.25) is 0 Å². The van der Waals surface area contributed by atoms with Gasteiger partial charge in [-0.3, -0.25) is 4.79 Å². The number of thioether (sulfide) groups is 1. The molecule has 0 spiro atoms. The van der Waals surface area contributed by atoms with Gasteiger partial charge < -0.3 is 0 Å². The van der Waals surface area contributed by atoms with Gasteiger partial charge in [-0.15, -0.1) is 0 Å². The monoisotopic (exact) mass is 278 g/mol. The second-order valence-corrected chi connectivity index (χ2v) is 9.58. The molecule has 0 aromatic rings. The van der Waals surface area contributed by atoms with E-state index in [-0.39, 0.29) is 5.41 Å². The van der Waals surface area contributed by atoms with E-state index in [0.29, 0.717) is 16.4 Å². The van der Waals surface area contributed by atoms with Gasteiger partial charge in [0.05, 0.1) is 5.25 Å². The summed E-state index contributed by atoms with van der Waals surface area (Å²) in [5.41, 5.74) is 0.632. The lowest BCUT2D eigenvalue weighted by atomic mass is 9.43. The van der Waals surface area contributed by atoms with Crippen molar-refractivity contribution in [2.24, 2.45) is 22.7 Å². The molecule has 1 nitrogen and oxygen atoms in total. The zero-order chi connectivity index (χ0) is 13.1. The summed E-state index contributed by atoms with van der Waals surface area (Å²) in [6.07, 6.45) is 11.7. The molecule has 3 atom stereocenters. The van der Waals surface area contributed by atoms with E-state index in [4.69, 9.17) is 0 Å². The summed E-state index contributed by atoms with van der Waals surface area (Å²) >= 11 is 1.97. The minimum absolute atomic E-state index is 0.119. The fraction of sp³-hybridized carbons (Fsp3) is 0.941. The Hall–Kier alpha value is 0.0200. The van der Waals surface area contributed by atoms with Crippen LogP contribution in [0.3, 0.4) is 0 Å². The van der Waals surface area contributed by atoms with E-state index in [0.717, 1.165) is 18.3 Å². The lowest BCUT2D eigenvalue weighted by Gasteiger charge is -2.61. The lowest BCUT2D eigenvalue weighted by Crippen LogP contribution is -2.55. The third-order valence-electron chi connectivity index (χ3n) is 6.35. The topological polar surface area (TPSA) is 17.1 Å². The Balaban J connectivity index is 1.60. The van der Waals surface area contributed by atoms with E-state index in [1.165, 1.54) is 57.1 Å². The van der Waals surface area contributed by atoms with Crippen molar-refractivity contribution in [2.75, 3.05) is 5.75 Å². The Morgan fingerprint density at radius 2 is 1.84 bits per heavy atom. The third kappa shape index (κ3) is 2.01. The molecule has 0 amide bonds. The van der Waals surface area contributed by atoms with Crippen LogP contribution in [0.2, 0.25) is 0 Å². The number of hydrogen-bond acceptors (Lipinski definition) is 2. The van der Waals surface area contributed by atoms with Crippen LogP contribution in [0.1, 0.15) is 64.7 Å². The van der Waals surface area contributed by atoms with Crippen molar-refractivity contribution in [2.45, 2.75) is 70.0 Å². The molecule has 5 rings (SSSR count). The SMILES string of the molecule is CC12CC3CC(C1)CC(C(=O)C1CCCCS1)(C3)C2. The van der Waals surface area contributed by atoms with Crippen molar-refractivity contribution in [1.82, 2.24) is 0 Å². The quantitative estimate of drug-likeness (QED) is 0.742. The zero-order valence-electron chi connectivity index (χ0n) is 12.1. The van der Waals surface area contributed by atoms with Crippen LogP contribution in [0.25, 0.3) is 0 Å². The Morgan fingerprint density at radius 3 is 2.42 bits per heavy atom. The first kappa shape index (κ1) is 12.7. The summed E-state index contributed by atoms with van der Waals surface area (Å²) in [6, 6.07) is 0. The van der Waals surface area contributed by atoms with Crippen molar-refractivity contribution in [3.8, 4) is 0 Å². The van der Waals surface area contributed by atoms with Gasteiger partial charge in [-0.1, -0.05) is 13.3 Å². The molecule has 5 fully saturated rings. The van der Waals surface area contributed by atoms with Crippen LogP contribution < -0.4 is 0 Å². The van der Waals surface area contributed by atoms with Crippen molar-refractivity contribution >= 4 is 17.5 Å². The van der Waals surface area contributed by atoms with Gasteiger partial charge in [-0.25, -0.2) is 0 Å². The van der Waals surface area contributed by atoms with Crippen LogP contribution in [0.15, 0.2) is 0 Å². The highest BCUT2D eigenvalue weighted by atomic mass is 32.2. The smallest absolute Gasteiger partial charge is 0.151 e. The second-order valence-electron chi connectivity index (χ2n) is 8.27. The highest BCUT2D eigenvalue weighted by molar-refractivity contribution is 8.00. The summed E-state index contributed by atoms with van der Waals surface area (Å²) in [5, 5.41) is 0.355. The van der Waals surface area contributed by atoms with E-state index in [2.05, 4.69) is 6.92 Å². The number of ketones is 1. The Bertz CT molecular complexity index is 382. The van der Waals surface area contributed by atoms with E-state index >= 15 is 0 Å². The molecule has 1 heterocycles. The van der Waals surface area contributed by atoms with Gasteiger partial charge in [0.1, 0.15) is 0 Å². The van der Waals surface area contributed by atoms with Crippen LogP contribution in [0, 0.1) is 22.7 Å². The van der Waals surface area contributed by atoms with Crippen LogP contribution in [0.4, 0.5) is 0 Å². The molecule has 1 saturated heterocycles. The van der Waals surface area contributed by atoms with Crippen LogP contribution in [0.5, 0.6) is 0 Å². The molecule has 0 radical (unpaired) electrons. The molecule has 106 valence electrons. The molecule has 3 unspecified atom stereocenters. The predicted molar refractivity (Wildman–Crippen MR) is 80.3 cm³/mol. The Labute approximate surface area is 121 Å². The molecule has 4 aliphatic carbocycles. The lowest BCUT2D eigenvalue weighted by molar-refractivity contribution is -0.152. The molecule has 0 N–H and O–H groups in total. The summed E-state index contributed by atoms with van der Waals surface area (Å²) in [6.45, 7) is 2.47. The molecule has 0 aromatic carbocycles. The molecule has 2 heteroatoms. The summed E-state index contributed by atoms with van der Waals surface area (Å²) in [4.78, 5) is 13.2. The zero-order valence-corrected chi connectivity index (χ0v) is 12.9. The maximum absolute atomic E-state index is 13.2. The third-order valence-corrected chi connectivity index (χ3v) is 7.72. The minimum atomic E-state index is 0.119. The first-order valence-corrected chi connectivity index (χ1v) is 9.29. The molecular weight excluding hydrogens is 252 g/mol. The molecule has 0 aromatic heterocycles. The number of carbonyl (C=O) groups excluding carboxylic acids is 1. The average Bonchev–Trinajstić information content (AvgIpc) is 2.36. The second kappa shape index (κ2) is 4.26. The highest BCUT2D eigenvalue weighted by Crippen LogP contribution is 2.66. The van der Waals surface area contributed by atoms with Crippen molar-refractivity contribution in [1.29, 1.82) is 0 Å². The van der Waals surface area contributed by atoms with Crippen molar-refractivity contribution < 1.29 is 4.79 Å². The van der Waals surface area contributed by atoms with Gasteiger partial charge >= 0.3 is 0 Å². The Morgan fingerprint density at radius 1 is 1.11 bits per heavy atom. The first-order chi connectivity index (χ1) is 9.09. The van der Waals surface area contributed by atoms with Crippen LogP contribution in [-0.2, 0) is 4.79 Å². The van der Waals surface area contributed by atoms with Crippen LogP contribution >= 0.6 is 11.8 Å². The fourth-order valence-corrected chi connectivity index (χ4v) is 7.69. The molecule has 4 saturated carbocycles. The predicted octanol–water partition coefficient (Wildman–Crippen LogP) is 4.45. The molecule has 4 bridgehead atoms. The largest absolute Gasteiger partial charge is 0.298 e. The Kier molecular flexibility index (Phi) is 2.85. The molecule has 1 aliphatic heterocycles. The highest BCUT2D eigenvalue weighted by Gasteiger charge is 2.59. The summed E-state index contributed by atoms with van der Waals surface area (Å²) in [7, 11) is 0. The number of hydrogen-bond donors (Lipinski definition) is 0. The normalized spacial score (nSPS) is 52.4. The number of Topliss-reactive ketones (excluding diaryl/α,β-unsaturated/α-hetero) is 1. The fourth-order valence-electron chi connectivity index (χ4n) is 6.30. The van der Waals surface area contributed by atoms with Gasteiger partial charge in [0.25, 0.3) is 0 Å². The maximum Gasteiger partial charge on any atom is 0.151 e. The van der Waals surface area contributed by atoms with Crippen LogP contribution in [-0.4, -0.2) is 16.8 Å². The summed E-state index contributed by atoms with van der Waals surface area (Å²) < 4.78 is 0. The van der Waals surface area contributed by atoms with Gasteiger partial charge in [-0.05, 0) is 74.4 Å². The number of carbonyl (C=O) groups is 1. The van der Waals surface area contributed by atoms with E-state index in [1.807, 2.05) is 11.8 Å². The first-order valence-electron chi connectivity index (χ1n) is 8.25. The molecular formula is C17H26OS. The maximum atomic E-state index is 13.2. The standard InChI is InChI=1S/C17H26OS/c1-16-7-12-6-13(8-16)10-17(9-12,11-16)15(18)14-4-2-3-5-19-14/h12-14H,2-11H2,1H3. The average molecular weight is 278 g/mol. The van der Waals surface area contributed by atoms with Gasteiger partial charge in [0.15, 0.2) is 5.78 Å². The van der Waals surface area contributed by atoms with Gasteiger partial charge in [-0.2, -0.15) is 11.8 Å². The molecule has 19 heavy (non-hydrogen) atoms. The van der Waals surface area contributed by atoms with E-state index in [1.54, 1.807) is 0 Å².